The summed E-state index contributed by atoms with van der Waals surface area (Å²) in [6.45, 7) is 4.64. The van der Waals surface area contributed by atoms with Crippen LogP contribution in [0.25, 0.3) is 0 Å². The molecule has 4 nitrogen and oxygen atoms in total. The van der Waals surface area contributed by atoms with Crippen LogP contribution in [0.3, 0.4) is 0 Å². The summed E-state index contributed by atoms with van der Waals surface area (Å²) in [5, 5.41) is 12.9. The van der Waals surface area contributed by atoms with Crippen molar-refractivity contribution in [3.63, 3.8) is 0 Å². The van der Waals surface area contributed by atoms with Gasteiger partial charge in [0.15, 0.2) is 6.61 Å². The molecular formula is C19H21F2NO3. The number of hydrogen-bond acceptors (Lipinski definition) is 3. The number of rotatable bonds is 6. The lowest BCUT2D eigenvalue weighted by Crippen LogP contribution is -2.41. The van der Waals surface area contributed by atoms with Crippen LogP contribution in [0.4, 0.5) is 8.78 Å². The zero-order chi connectivity index (χ0) is 18.6. The van der Waals surface area contributed by atoms with Gasteiger partial charge in [-0.1, -0.05) is 24.3 Å². The summed E-state index contributed by atoms with van der Waals surface area (Å²) in [4.78, 5) is 12.0. The average Bonchev–Trinajstić information content (AvgIpc) is 2.52. The summed E-state index contributed by atoms with van der Waals surface area (Å²) in [6, 6.07) is 8.55. The predicted octanol–water partition coefficient (Wildman–Crippen LogP) is 2.98. The minimum Gasteiger partial charge on any atom is -0.483 e. The van der Waals surface area contributed by atoms with Crippen LogP contribution in [0, 0.1) is 25.5 Å². The SMILES string of the molecule is Cc1cccc(C)c1OCC(=O)NCC(C)(O)c1ccc(F)cc1F. The van der Waals surface area contributed by atoms with Crippen LogP contribution in [-0.2, 0) is 10.4 Å². The van der Waals surface area contributed by atoms with Gasteiger partial charge in [0.2, 0.25) is 0 Å². The van der Waals surface area contributed by atoms with Crippen LogP contribution in [-0.4, -0.2) is 24.2 Å². The Balaban J connectivity index is 1.95. The maximum absolute atomic E-state index is 13.8. The van der Waals surface area contributed by atoms with E-state index in [9.17, 15) is 18.7 Å². The third-order valence-electron chi connectivity index (χ3n) is 3.90. The predicted molar refractivity (Wildman–Crippen MR) is 90.3 cm³/mol. The highest BCUT2D eigenvalue weighted by atomic mass is 19.1. The molecular weight excluding hydrogens is 328 g/mol. The van der Waals surface area contributed by atoms with Gasteiger partial charge < -0.3 is 15.2 Å². The summed E-state index contributed by atoms with van der Waals surface area (Å²) in [5.74, 6) is -1.42. The first-order valence-corrected chi connectivity index (χ1v) is 7.84. The molecule has 6 heteroatoms. The topological polar surface area (TPSA) is 58.6 Å². The zero-order valence-electron chi connectivity index (χ0n) is 14.4. The van der Waals surface area contributed by atoms with E-state index in [0.717, 1.165) is 23.3 Å². The molecule has 0 saturated carbocycles. The molecule has 0 aliphatic carbocycles. The molecule has 1 unspecified atom stereocenters. The fourth-order valence-electron chi connectivity index (χ4n) is 2.51. The van der Waals surface area contributed by atoms with Gasteiger partial charge in [0.1, 0.15) is 23.0 Å². The molecule has 1 atom stereocenters. The van der Waals surface area contributed by atoms with E-state index in [1.165, 1.54) is 6.92 Å². The summed E-state index contributed by atoms with van der Waals surface area (Å²) >= 11 is 0. The van der Waals surface area contributed by atoms with Gasteiger partial charge in [-0.05, 0) is 38.0 Å². The van der Waals surface area contributed by atoms with Gasteiger partial charge in [0.05, 0.1) is 6.54 Å². The van der Waals surface area contributed by atoms with Crippen LogP contribution >= 0.6 is 0 Å². The van der Waals surface area contributed by atoms with Gasteiger partial charge in [0, 0.05) is 11.6 Å². The summed E-state index contributed by atoms with van der Waals surface area (Å²) < 4.78 is 32.3. The van der Waals surface area contributed by atoms with Crippen molar-refractivity contribution < 1.29 is 23.4 Å². The Morgan fingerprint density at radius 3 is 2.44 bits per heavy atom. The molecule has 0 fully saturated rings. The Hall–Kier alpha value is -2.47. The lowest BCUT2D eigenvalue weighted by Gasteiger charge is -2.24. The molecule has 134 valence electrons. The monoisotopic (exact) mass is 349 g/mol. The Labute approximate surface area is 145 Å². The zero-order valence-corrected chi connectivity index (χ0v) is 14.4. The number of nitrogens with one attached hydrogen (secondary N) is 1. The fourth-order valence-corrected chi connectivity index (χ4v) is 2.51. The Morgan fingerprint density at radius 1 is 1.20 bits per heavy atom. The van der Waals surface area contributed by atoms with Gasteiger partial charge in [-0.2, -0.15) is 0 Å². The van der Waals surface area contributed by atoms with Gasteiger partial charge in [-0.15, -0.1) is 0 Å². The lowest BCUT2D eigenvalue weighted by atomic mass is 9.95. The maximum Gasteiger partial charge on any atom is 0.258 e. The van der Waals surface area contributed by atoms with Crippen LogP contribution in [0.2, 0.25) is 0 Å². The lowest BCUT2D eigenvalue weighted by molar-refractivity contribution is -0.124. The second-order valence-electron chi connectivity index (χ2n) is 6.18. The number of carbonyl (C=O) groups excluding carboxylic acids is 1. The van der Waals surface area contributed by atoms with E-state index in [1.54, 1.807) is 0 Å². The van der Waals surface area contributed by atoms with Gasteiger partial charge in [-0.25, -0.2) is 8.78 Å². The molecule has 0 aliphatic heterocycles. The highest BCUT2D eigenvalue weighted by molar-refractivity contribution is 5.77. The average molecular weight is 349 g/mol. The van der Waals surface area contributed by atoms with Crippen molar-refractivity contribution in [2.45, 2.75) is 26.4 Å². The van der Waals surface area contributed by atoms with Gasteiger partial charge in [-0.3, -0.25) is 4.79 Å². The number of carbonyl (C=O) groups is 1. The first-order valence-electron chi connectivity index (χ1n) is 7.84. The van der Waals surface area contributed by atoms with Crippen LogP contribution in [0.5, 0.6) is 5.75 Å². The first kappa shape index (κ1) is 18.9. The Morgan fingerprint density at radius 2 is 1.84 bits per heavy atom. The van der Waals surface area contributed by atoms with Crippen molar-refractivity contribution in [2.24, 2.45) is 0 Å². The molecule has 0 aromatic heterocycles. The largest absolute Gasteiger partial charge is 0.483 e. The minimum atomic E-state index is -1.67. The molecule has 0 saturated heterocycles. The number of ether oxygens (including phenoxy) is 1. The Kier molecular flexibility index (Phi) is 5.74. The Bertz CT molecular complexity index is 755. The molecule has 0 bridgehead atoms. The normalized spacial score (nSPS) is 13.2. The van der Waals surface area contributed by atoms with Crippen molar-refractivity contribution in [3.8, 4) is 5.75 Å². The molecule has 0 aliphatic rings. The number of aryl methyl sites for hydroxylation is 2. The van der Waals surface area contributed by atoms with E-state index < -0.39 is 23.1 Å². The van der Waals surface area contributed by atoms with E-state index in [1.807, 2.05) is 32.0 Å². The maximum atomic E-state index is 13.8. The quantitative estimate of drug-likeness (QED) is 0.843. The molecule has 25 heavy (non-hydrogen) atoms. The fraction of sp³-hybridized carbons (Fsp3) is 0.316. The molecule has 0 heterocycles. The minimum absolute atomic E-state index is 0.0927. The molecule has 2 rings (SSSR count). The van der Waals surface area contributed by atoms with E-state index in [0.29, 0.717) is 11.8 Å². The summed E-state index contributed by atoms with van der Waals surface area (Å²) in [5.41, 5.74) is 0.0534. The molecule has 2 aromatic rings. The van der Waals surface area contributed by atoms with Crippen LogP contribution < -0.4 is 10.1 Å². The highest BCUT2D eigenvalue weighted by Crippen LogP contribution is 2.24. The number of halogens is 2. The van der Waals surface area contributed by atoms with E-state index in [4.69, 9.17) is 4.74 Å². The van der Waals surface area contributed by atoms with Crippen LogP contribution in [0.1, 0.15) is 23.6 Å². The number of benzene rings is 2. The van der Waals surface area contributed by atoms with Crippen molar-refractivity contribution in [1.82, 2.24) is 5.32 Å². The number of hydrogen-bond donors (Lipinski definition) is 2. The second-order valence-corrected chi connectivity index (χ2v) is 6.18. The standard InChI is InChI=1S/C19H21F2NO3/c1-12-5-4-6-13(2)18(12)25-10-17(23)22-11-19(3,24)15-8-7-14(20)9-16(15)21/h4-9,24H,10-11H2,1-3H3,(H,22,23). The van der Waals surface area contributed by atoms with Crippen molar-refractivity contribution in [1.29, 1.82) is 0 Å². The third-order valence-corrected chi connectivity index (χ3v) is 3.90. The number of para-hydroxylation sites is 1. The van der Waals surface area contributed by atoms with Crippen molar-refractivity contribution in [3.05, 3.63) is 64.7 Å². The van der Waals surface area contributed by atoms with E-state index >= 15 is 0 Å². The first-order chi connectivity index (χ1) is 11.7. The van der Waals surface area contributed by atoms with E-state index in [2.05, 4.69) is 5.32 Å². The van der Waals surface area contributed by atoms with Crippen LogP contribution in [0.15, 0.2) is 36.4 Å². The van der Waals surface area contributed by atoms with Crippen molar-refractivity contribution in [2.75, 3.05) is 13.2 Å². The molecule has 1 amide bonds. The molecule has 0 radical (unpaired) electrons. The smallest absolute Gasteiger partial charge is 0.258 e. The van der Waals surface area contributed by atoms with Gasteiger partial charge in [0.25, 0.3) is 5.91 Å². The van der Waals surface area contributed by atoms with E-state index in [-0.39, 0.29) is 18.7 Å². The van der Waals surface area contributed by atoms with Gasteiger partial charge >= 0.3 is 0 Å². The highest BCUT2D eigenvalue weighted by Gasteiger charge is 2.27. The van der Waals surface area contributed by atoms with Crippen molar-refractivity contribution >= 4 is 5.91 Å². The number of aliphatic hydroxyl groups is 1. The summed E-state index contributed by atoms with van der Waals surface area (Å²) in [7, 11) is 0. The molecule has 2 N–H and O–H groups in total. The second kappa shape index (κ2) is 7.61. The number of amides is 1. The third kappa shape index (κ3) is 4.76. The summed E-state index contributed by atoms with van der Waals surface area (Å²) in [6.07, 6.45) is 0. The molecule has 2 aromatic carbocycles. The molecule has 0 spiro atoms.